The predicted octanol–water partition coefficient (Wildman–Crippen LogP) is 4.01. The van der Waals surface area contributed by atoms with Gasteiger partial charge in [0, 0.05) is 23.0 Å². The Hall–Kier alpha value is -4.00. The Bertz CT molecular complexity index is 1210. The van der Waals surface area contributed by atoms with E-state index in [-0.39, 0.29) is 5.91 Å². The minimum Gasteiger partial charge on any atom is -0.339 e. The third-order valence-corrected chi connectivity index (χ3v) is 4.50. The maximum absolute atomic E-state index is 11.5. The Kier molecular flexibility index (Phi) is 3.83. The van der Waals surface area contributed by atoms with Crippen molar-refractivity contribution in [2.75, 3.05) is 16.0 Å². The molecular formula is C21H16N6O. The van der Waals surface area contributed by atoms with Crippen LogP contribution < -0.4 is 16.0 Å². The fourth-order valence-corrected chi connectivity index (χ4v) is 3.21. The quantitative estimate of drug-likeness (QED) is 0.504. The van der Waals surface area contributed by atoms with Crippen molar-refractivity contribution in [1.82, 2.24) is 15.0 Å². The number of anilines is 5. The molecule has 7 nitrogen and oxygen atoms in total. The summed E-state index contributed by atoms with van der Waals surface area (Å²) in [4.78, 5) is 24.7. The van der Waals surface area contributed by atoms with Gasteiger partial charge in [-0.15, -0.1) is 0 Å². The highest BCUT2D eigenvalue weighted by molar-refractivity contribution is 5.99. The second kappa shape index (κ2) is 6.62. The van der Waals surface area contributed by atoms with Crippen molar-refractivity contribution in [3.05, 3.63) is 72.6 Å². The summed E-state index contributed by atoms with van der Waals surface area (Å²) in [5.41, 5.74) is 4.45. The summed E-state index contributed by atoms with van der Waals surface area (Å²) >= 11 is 0. The van der Waals surface area contributed by atoms with Gasteiger partial charge in [0.2, 0.25) is 11.9 Å². The summed E-state index contributed by atoms with van der Waals surface area (Å²) in [5, 5.41) is 10.3. The summed E-state index contributed by atoms with van der Waals surface area (Å²) in [5.74, 6) is 1.14. The molecule has 3 N–H and O–H groups in total. The fraction of sp³-hybridized carbons (Fsp3) is 0.0476. The lowest BCUT2D eigenvalue weighted by Crippen LogP contribution is -2.03. The number of hydrogen-bond acceptors (Lipinski definition) is 6. The van der Waals surface area contributed by atoms with Gasteiger partial charge in [-0.05, 0) is 42.0 Å². The van der Waals surface area contributed by atoms with E-state index in [1.165, 1.54) is 0 Å². The number of rotatable bonds is 4. The zero-order chi connectivity index (χ0) is 18.9. The van der Waals surface area contributed by atoms with Crippen LogP contribution in [0.15, 0.2) is 67.0 Å². The second-order valence-corrected chi connectivity index (χ2v) is 6.53. The molecule has 0 radical (unpaired) electrons. The zero-order valence-electron chi connectivity index (χ0n) is 14.8. The molecule has 2 aromatic heterocycles. The van der Waals surface area contributed by atoms with Gasteiger partial charge >= 0.3 is 0 Å². The molecule has 0 saturated carbocycles. The number of carbonyl (C=O) groups is 1. The van der Waals surface area contributed by atoms with Crippen LogP contribution in [0.1, 0.15) is 5.56 Å². The molecule has 1 amide bonds. The first kappa shape index (κ1) is 16.2. The highest BCUT2D eigenvalue weighted by Crippen LogP contribution is 2.27. The monoisotopic (exact) mass is 368 g/mol. The zero-order valence-corrected chi connectivity index (χ0v) is 14.8. The van der Waals surface area contributed by atoms with Crippen LogP contribution in [0, 0.1) is 0 Å². The van der Waals surface area contributed by atoms with Crippen molar-refractivity contribution >= 4 is 45.6 Å². The number of hydrogen-bond donors (Lipinski definition) is 3. The molecule has 5 rings (SSSR count). The molecule has 4 aromatic rings. The van der Waals surface area contributed by atoms with Crippen molar-refractivity contribution in [1.29, 1.82) is 0 Å². The van der Waals surface area contributed by atoms with Crippen LogP contribution in [0.4, 0.5) is 28.8 Å². The van der Waals surface area contributed by atoms with Crippen LogP contribution in [0.2, 0.25) is 0 Å². The minimum absolute atomic E-state index is 0.0126. The van der Waals surface area contributed by atoms with Crippen LogP contribution in [-0.4, -0.2) is 20.9 Å². The molecule has 0 bridgehead atoms. The van der Waals surface area contributed by atoms with Crippen LogP contribution >= 0.6 is 0 Å². The normalized spacial score (nSPS) is 12.5. The highest BCUT2D eigenvalue weighted by Gasteiger charge is 2.17. The number of amides is 1. The van der Waals surface area contributed by atoms with Gasteiger partial charge in [0.1, 0.15) is 5.82 Å². The van der Waals surface area contributed by atoms with Gasteiger partial charge < -0.3 is 16.0 Å². The molecule has 0 aliphatic carbocycles. The van der Waals surface area contributed by atoms with E-state index >= 15 is 0 Å². The number of nitrogens with zero attached hydrogens (tertiary/aromatic N) is 3. The third kappa shape index (κ3) is 3.21. The van der Waals surface area contributed by atoms with Gasteiger partial charge in [0.25, 0.3) is 0 Å². The molecule has 7 heteroatoms. The van der Waals surface area contributed by atoms with Gasteiger partial charge in [-0.1, -0.05) is 18.2 Å². The molecule has 136 valence electrons. The molecule has 2 aromatic carbocycles. The first-order valence-corrected chi connectivity index (χ1v) is 8.88. The smallest absolute Gasteiger partial charge is 0.229 e. The summed E-state index contributed by atoms with van der Waals surface area (Å²) in [7, 11) is 0. The Morgan fingerprint density at radius 1 is 0.929 bits per heavy atom. The van der Waals surface area contributed by atoms with Gasteiger partial charge in [0.05, 0.1) is 23.8 Å². The van der Waals surface area contributed by atoms with E-state index in [2.05, 4.69) is 30.9 Å². The van der Waals surface area contributed by atoms with Crippen LogP contribution in [0.3, 0.4) is 0 Å². The SMILES string of the molecule is O=C1Cc2cc(Nc3nccc(Nc4cnc5ccccc5c4)n3)ccc2N1. The maximum Gasteiger partial charge on any atom is 0.229 e. The lowest BCUT2D eigenvalue weighted by atomic mass is 10.1. The molecule has 0 unspecified atom stereocenters. The number of pyridine rings is 1. The molecule has 0 atom stereocenters. The summed E-state index contributed by atoms with van der Waals surface area (Å²) in [6.07, 6.45) is 3.86. The number of nitrogens with one attached hydrogen (secondary N) is 3. The standard InChI is InChI=1S/C21H16N6O/c28-20-11-14-10-15(5-6-18(14)26-20)25-21-22-8-7-19(27-21)24-16-9-13-3-1-2-4-17(13)23-12-16/h1-10,12H,11H2,(H,26,28)(H2,22,24,25,27). The predicted molar refractivity (Wildman–Crippen MR) is 109 cm³/mol. The van der Waals surface area contributed by atoms with Crippen molar-refractivity contribution in [2.45, 2.75) is 6.42 Å². The van der Waals surface area contributed by atoms with Crippen LogP contribution in [-0.2, 0) is 11.2 Å². The summed E-state index contributed by atoms with van der Waals surface area (Å²) in [6, 6.07) is 17.5. The summed E-state index contributed by atoms with van der Waals surface area (Å²) < 4.78 is 0. The Labute approximate surface area is 160 Å². The number of fused-ring (bicyclic) bond motifs is 2. The molecule has 28 heavy (non-hydrogen) atoms. The number of para-hydroxylation sites is 1. The van der Waals surface area contributed by atoms with Crippen molar-refractivity contribution in [2.24, 2.45) is 0 Å². The maximum atomic E-state index is 11.5. The number of carbonyl (C=O) groups excluding carboxylic acids is 1. The first-order valence-electron chi connectivity index (χ1n) is 8.88. The lowest BCUT2D eigenvalue weighted by Gasteiger charge is -2.09. The van der Waals surface area contributed by atoms with Crippen molar-refractivity contribution in [3.8, 4) is 0 Å². The largest absolute Gasteiger partial charge is 0.339 e. The summed E-state index contributed by atoms with van der Waals surface area (Å²) in [6.45, 7) is 0. The van der Waals surface area contributed by atoms with Gasteiger partial charge in [-0.25, -0.2) is 4.98 Å². The number of benzene rings is 2. The van der Waals surface area contributed by atoms with E-state index in [0.29, 0.717) is 18.2 Å². The van der Waals surface area contributed by atoms with Crippen molar-refractivity contribution in [3.63, 3.8) is 0 Å². The topological polar surface area (TPSA) is 91.8 Å². The number of aromatic nitrogens is 3. The third-order valence-electron chi connectivity index (χ3n) is 4.50. The van der Waals surface area contributed by atoms with E-state index in [0.717, 1.165) is 33.5 Å². The average molecular weight is 368 g/mol. The Morgan fingerprint density at radius 2 is 1.86 bits per heavy atom. The molecule has 0 saturated heterocycles. The van der Waals surface area contributed by atoms with E-state index in [4.69, 9.17) is 0 Å². The van der Waals surface area contributed by atoms with E-state index in [1.807, 2.05) is 48.5 Å². The molecule has 1 aliphatic rings. The fourth-order valence-electron chi connectivity index (χ4n) is 3.21. The van der Waals surface area contributed by atoms with Crippen LogP contribution in [0.25, 0.3) is 10.9 Å². The molecule has 0 spiro atoms. The molecule has 3 heterocycles. The highest BCUT2D eigenvalue weighted by atomic mass is 16.1. The molecular weight excluding hydrogens is 352 g/mol. The van der Waals surface area contributed by atoms with E-state index < -0.39 is 0 Å². The lowest BCUT2D eigenvalue weighted by molar-refractivity contribution is -0.115. The second-order valence-electron chi connectivity index (χ2n) is 6.53. The van der Waals surface area contributed by atoms with Gasteiger partial charge in [-0.2, -0.15) is 4.98 Å². The minimum atomic E-state index is 0.0126. The van der Waals surface area contributed by atoms with Crippen molar-refractivity contribution < 1.29 is 4.79 Å². The van der Waals surface area contributed by atoms with Gasteiger partial charge in [-0.3, -0.25) is 9.78 Å². The van der Waals surface area contributed by atoms with Gasteiger partial charge in [0.15, 0.2) is 0 Å². The molecule has 1 aliphatic heterocycles. The molecule has 0 fully saturated rings. The van der Waals surface area contributed by atoms with E-state index in [1.54, 1.807) is 18.5 Å². The average Bonchev–Trinajstić information content (AvgIpc) is 3.07. The van der Waals surface area contributed by atoms with Crippen LogP contribution in [0.5, 0.6) is 0 Å². The van der Waals surface area contributed by atoms with E-state index in [9.17, 15) is 4.79 Å². The Balaban J connectivity index is 1.36. The first-order chi connectivity index (χ1) is 13.7. The Morgan fingerprint density at radius 3 is 2.82 bits per heavy atom.